The molecule has 0 aliphatic carbocycles. The number of aliphatic hydroxyl groups excluding tert-OH is 1. The van der Waals surface area contributed by atoms with Crippen LogP contribution in [0.25, 0.3) is 21.9 Å². The van der Waals surface area contributed by atoms with Gasteiger partial charge in [0, 0.05) is 36.1 Å². The lowest BCUT2D eigenvalue weighted by molar-refractivity contribution is 0.0303. The van der Waals surface area contributed by atoms with Crippen molar-refractivity contribution in [3.63, 3.8) is 0 Å². The Morgan fingerprint density at radius 3 is 2.40 bits per heavy atom. The van der Waals surface area contributed by atoms with Crippen LogP contribution in [0.2, 0.25) is 0 Å². The highest BCUT2D eigenvalue weighted by molar-refractivity contribution is 5.98. The summed E-state index contributed by atoms with van der Waals surface area (Å²) >= 11 is 0. The van der Waals surface area contributed by atoms with E-state index in [1.165, 1.54) is 19.3 Å². The molecule has 42 heavy (non-hydrogen) atoms. The fourth-order valence-electron chi connectivity index (χ4n) is 5.75. The fourth-order valence-corrected chi connectivity index (χ4v) is 5.75. The number of aliphatic hydroxyl groups is 1. The molecule has 218 valence electrons. The van der Waals surface area contributed by atoms with E-state index in [0.29, 0.717) is 50.0 Å². The molecule has 2 aliphatic rings. The molecule has 7 heteroatoms. The van der Waals surface area contributed by atoms with Gasteiger partial charge in [-0.05, 0) is 91.0 Å². The third-order valence-corrected chi connectivity index (χ3v) is 8.10. The van der Waals surface area contributed by atoms with Crippen molar-refractivity contribution in [2.24, 2.45) is 0 Å². The van der Waals surface area contributed by atoms with E-state index in [1.54, 1.807) is 0 Å². The number of hydrogen-bond donors (Lipinski definition) is 1. The van der Waals surface area contributed by atoms with E-state index in [2.05, 4.69) is 4.90 Å². The lowest BCUT2D eigenvalue weighted by Crippen LogP contribution is -2.40. The molecule has 0 bridgehead atoms. The molecule has 0 atom stereocenters. The highest BCUT2D eigenvalue weighted by Gasteiger charge is 2.20. The summed E-state index contributed by atoms with van der Waals surface area (Å²) < 4.78 is 18.0. The van der Waals surface area contributed by atoms with E-state index < -0.39 is 0 Å². The minimum absolute atomic E-state index is 0.00636. The Morgan fingerprint density at radius 2 is 1.62 bits per heavy atom. The van der Waals surface area contributed by atoms with Gasteiger partial charge in [0.05, 0.1) is 19.8 Å². The number of carbonyl (C=O) groups excluding carboxylic acids is 1. The normalized spacial score (nSPS) is 16.0. The molecule has 0 radical (unpaired) electrons. The van der Waals surface area contributed by atoms with Crippen LogP contribution < -0.4 is 9.47 Å². The summed E-state index contributed by atoms with van der Waals surface area (Å²) in [6.07, 6.45) is 3.88. The predicted molar refractivity (Wildman–Crippen MR) is 164 cm³/mol. The van der Waals surface area contributed by atoms with Gasteiger partial charge in [0.15, 0.2) is 0 Å². The van der Waals surface area contributed by atoms with E-state index >= 15 is 0 Å². The molecule has 7 nitrogen and oxygen atoms in total. The summed E-state index contributed by atoms with van der Waals surface area (Å²) in [7, 11) is 0. The number of ether oxygens (including phenoxy) is 3. The van der Waals surface area contributed by atoms with Gasteiger partial charge >= 0.3 is 0 Å². The number of hydrogen-bond acceptors (Lipinski definition) is 6. The zero-order valence-corrected chi connectivity index (χ0v) is 24.0. The number of rotatable bonds is 9. The Hall–Kier alpha value is -3.91. The second-order valence-corrected chi connectivity index (χ2v) is 11.0. The molecule has 4 aromatic rings. The summed E-state index contributed by atoms with van der Waals surface area (Å²) in [5.41, 5.74) is 3.26. The number of fused-ring (bicyclic) bond motifs is 1. The van der Waals surface area contributed by atoms with Crippen molar-refractivity contribution in [3.8, 4) is 28.4 Å². The number of morpholine rings is 1. The minimum atomic E-state index is -0.0290. The maximum Gasteiger partial charge on any atom is 0.254 e. The number of piperidine rings is 1. The number of nitrogens with zero attached hydrogens (tertiary/aromatic N) is 2. The Labute approximate surface area is 247 Å². The smallest absolute Gasteiger partial charge is 0.254 e. The van der Waals surface area contributed by atoms with Crippen molar-refractivity contribution in [3.05, 3.63) is 90.0 Å². The number of benzene rings is 4. The van der Waals surface area contributed by atoms with Gasteiger partial charge in [-0.25, -0.2) is 0 Å². The molecular weight excluding hydrogens is 528 g/mol. The van der Waals surface area contributed by atoms with Crippen LogP contribution >= 0.6 is 0 Å². The van der Waals surface area contributed by atoms with Crippen LogP contribution in [0.15, 0.2) is 78.9 Å². The Kier molecular flexibility index (Phi) is 8.99. The Balaban J connectivity index is 1.26. The third-order valence-electron chi connectivity index (χ3n) is 8.10. The van der Waals surface area contributed by atoms with Crippen LogP contribution in [0.4, 0.5) is 0 Å². The lowest BCUT2D eigenvalue weighted by Gasteiger charge is -2.27. The summed E-state index contributed by atoms with van der Waals surface area (Å²) in [6, 6.07) is 25.4. The van der Waals surface area contributed by atoms with Crippen LogP contribution in [0.5, 0.6) is 17.2 Å². The first kappa shape index (κ1) is 28.2. The van der Waals surface area contributed by atoms with Gasteiger partial charge in [-0.1, -0.05) is 36.8 Å². The Bertz CT molecular complexity index is 1510. The van der Waals surface area contributed by atoms with Crippen LogP contribution in [-0.2, 0) is 11.3 Å². The summed E-state index contributed by atoms with van der Waals surface area (Å²) in [6.45, 7) is 6.22. The zero-order valence-electron chi connectivity index (χ0n) is 24.0. The number of amides is 1. The van der Waals surface area contributed by atoms with Crippen LogP contribution in [0.3, 0.4) is 0 Å². The molecule has 2 fully saturated rings. The van der Waals surface area contributed by atoms with Crippen molar-refractivity contribution in [2.75, 3.05) is 52.5 Å². The van der Waals surface area contributed by atoms with Gasteiger partial charge < -0.3 is 24.2 Å². The average molecular weight is 567 g/mol. The standard InChI is InChI=1S/C35H38N2O5/c38-25-26-7-13-32-28(23-26)8-14-33(27-5-4-6-29(24-27)35(39)37-18-20-40-21-19-37)34(32)42-31-11-9-30(10-12-31)41-22-17-36-15-2-1-3-16-36/h4-14,23-24,38H,1-3,15-22,25H2. The maximum absolute atomic E-state index is 13.2. The largest absolute Gasteiger partial charge is 0.492 e. The van der Waals surface area contributed by atoms with Crippen molar-refractivity contribution < 1.29 is 24.1 Å². The van der Waals surface area contributed by atoms with Gasteiger partial charge in [-0.3, -0.25) is 9.69 Å². The average Bonchev–Trinajstić information content (AvgIpc) is 3.06. The van der Waals surface area contributed by atoms with Crippen molar-refractivity contribution >= 4 is 16.7 Å². The van der Waals surface area contributed by atoms with Gasteiger partial charge in [0.1, 0.15) is 23.9 Å². The van der Waals surface area contributed by atoms with Gasteiger partial charge in [0.2, 0.25) is 0 Å². The van der Waals surface area contributed by atoms with E-state index in [1.807, 2.05) is 83.8 Å². The maximum atomic E-state index is 13.2. The van der Waals surface area contributed by atoms with Gasteiger partial charge in [-0.15, -0.1) is 0 Å². The van der Waals surface area contributed by atoms with E-state index in [9.17, 15) is 9.90 Å². The minimum Gasteiger partial charge on any atom is -0.492 e. The van der Waals surface area contributed by atoms with Crippen molar-refractivity contribution in [2.45, 2.75) is 25.9 Å². The monoisotopic (exact) mass is 566 g/mol. The highest BCUT2D eigenvalue weighted by Crippen LogP contribution is 2.40. The first-order chi connectivity index (χ1) is 20.7. The highest BCUT2D eigenvalue weighted by atomic mass is 16.5. The summed E-state index contributed by atoms with van der Waals surface area (Å²) in [5.74, 6) is 2.22. The SMILES string of the molecule is O=C(c1cccc(-c2ccc3cc(CO)ccc3c2Oc2ccc(OCCN3CCCCC3)cc2)c1)N1CCOCC1. The summed E-state index contributed by atoms with van der Waals surface area (Å²) in [5, 5.41) is 11.6. The van der Waals surface area contributed by atoms with Crippen molar-refractivity contribution in [1.82, 2.24) is 9.80 Å². The number of likely N-dealkylation sites (tertiary alicyclic amines) is 1. The van der Waals surface area contributed by atoms with E-state index in [4.69, 9.17) is 14.2 Å². The molecule has 1 N–H and O–H groups in total. The second-order valence-electron chi connectivity index (χ2n) is 11.0. The van der Waals surface area contributed by atoms with Crippen LogP contribution in [0.1, 0.15) is 35.2 Å². The van der Waals surface area contributed by atoms with Crippen LogP contribution in [-0.4, -0.2) is 73.4 Å². The molecule has 0 aromatic heterocycles. The molecular formula is C35H38N2O5. The molecule has 4 aromatic carbocycles. The molecule has 1 amide bonds. The van der Waals surface area contributed by atoms with Gasteiger partial charge in [0.25, 0.3) is 5.91 Å². The van der Waals surface area contributed by atoms with Gasteiger partial charge in [-0.2, -0.15) is 0 Å². The molecule has 6 rings (SSSR count). The topological polar surface area (TPSA) is 71.5 Å². The molecule has 0 spiro atoms. The van der Waals surface area contributed by atoms with Crippen molar-refractivity contribution in [1.29, 1.82) is 0 Å². The molecule has 0 saturated carbocycles. The summed E-state index contributed by atoms with van der Waals surface area (Å²) in [4.78, 5) is 17.5. The molecule has 2 aliphatic heterocycles. The quantitative estimate of drug-likeness (QED) is 0.263. The number of carbonyl (C=O) groups is 1. The van der Waals surface area contributed by atoms with Crippen LogP contribution in [0, 0.1) is 0 Å². The van der Waals surface area contributed by atoms with E-state index in [0.717, 1.165) is 52.8 Å². The Morgan fingerprint density at radius 1 is 0.833 bits per heavy atom. The zero-order chi connectivity index (χ0) is 28.7. The fraction of sp³-hybridized carbons (Fsp3) is 0.343. The second kappa shape index (κ2) is 13.4. The van der Waals surface area contributed by atoms with E-state index in [-0.39, 0.29) is 12.5 Å². The molecule has 2 heterocycles. The molecule has 0 unspecified atom stereocenters. The third kappa shape index (κ3) is 6.59. The predicted octanol–water partition coefficient (Wildman–Crippen LogP) is 6.13. The first-order valence-electron chi connectivity index (χ1n) is 14.9. The first-order valence-corrected chi connectivity index (χ1v) is 14.9. The molecule has 2 saturated heterocycles. The lowest BCUT2D eigenvalue weighted by atomic mass is 9.97.